The molecule has 0 aliphatic carbocycles. The molecular formula is C10H9BrF2O2. The van der Waals surface area contributed by atoms with Crippen LogP contribution in [-0.2, 0) is 9.47 Å². The maximum absolute atomic E-state index is 12.6. The predicted octanol–water partition coefficient (Wildman–Crippen LogP) is 3.43. The molecule has 0 saturated carbocycles. The van der Waals surface area contributed by atoms with Gasteiger partial charge in [-0.2, -0.15) is 0 Å². The predicted molar refractivity (Wildman–Crippen MR) is 53.7 cm³/mol. The summed E-state index contributed by atoms with van der Waals surface area (Å²) in [4.78, 5) is 0. The van der Waals surface area contributed by atoms with Crippen LogP contribution in [0.4, 0.5) is 8.78 Å². The second-order valence-electron chi connectivity index (χ2n) is 3.12. The average molecular weight is 279 g/mol. The summed E-state index contributed by atoms with van der Waals surface area (Å²) in [5, 5.41) is 0. The first-order chi connectivity index (χ1) is 7.20. The summed E-state index contributed by atoms with van der Waals surface area (Å²) < 4.78 is 36.0. The van der Waals surface area contributed by atoms with E-state index >= 15 is 0 Å². The Kier molecular flexibility index (Phi) is 3.33. The van der Waals surface area contributed by atoms with Gasteiger partial charge in [0.25, 0.3) is 6.43 Å². The van der Waals surface area contributed by atoms with Gasteiger partial charge in [-0.15, -0.1) is 0 Å². The second kappa shape index (κ2) is 4.55. The molecule has 1 heterocycles. The van der Waals surface area contributed by atoms with Gasteiger partial charge in [-0.25, -0.2) is 8.78 Å². The van der Waals surface area contributed by atoms with Crippen LogP contribution in [0.2, 0.25) is 0 Å². The minimum atomic E-state index is -2.50. The fraction of sp³-hybridized carbons (Fsp3) is 0.400. The Balaban J connectivity index is 2.34. The molecule has 5 heteroatoms. The van der Waals surface area contributed by atoms with Crippen LogP contribution in [-0.4, -0.2) is 13.2 Å². The van der Waals surface area contributed by atoms with Gasteiger partial charge in [0, 0.05) is 15.6 Å². The highest BCUT2D eigenvalue weighted by Crippen LogP contribution is 2.35. The lowest BCUT2D eigenvalue weighted by Crippen LogP contribution is -2.01. The lowest BCUT2D eigenvalue weighted by molar-refractivity contribution is -0.0448. The molecule has 0 bridgehead atoms. The van der Waals surface area contributed by atoms with Gasteiger partial charge in [-0.3, -0.25) is 0 Å². The molecule has 0 spiro atoms. The fourth-order valence-corrected chi connectivity index (χ4v) is 2.08. The van der Waals surface area contributed by atoms with Gasteiger partial charge >= 0.3 is 0 Å². The Morgan fingerprint density at radius 1 is 1.27 bits per heavy atom. The summed E-state index contributed by atoms with van der Waals surface area (Å²) in [7, 11) is 0. The zero-order valence-corrected chi connectivity index (χ0v) is 9.34. The van der Waals surface area contributed by atoms with Crippen molar-refractivity contribution < 1.29 is 18.3 Å². The zero-order valence-electron chi connectivity index (χ0n) is 7.75. The third-order valence-corrected chi connectivity index (χ3v) is 3.08. The van der Waals surface area contributed by atoms with Gasteiger partial charge in [-0.05, 0) is 15.9 Å². The summed E-state index contributed by atoms with van der Waals surface area (Å²) >= 11 is 3.15. The molecule has 0 atom stereocenters. The minimum Gasteiger partial charge on any atom is -0.346 e. The molecule has 1 aliphatic rings. The van der Waals surface area contributed by atoms with Crippen molar-refractivity contribution >= 4 is 15.9 Å². The van der Waals surface area contributed by atoms with Crippen molar-refractivity contribution in [2.24, 2.45) is 0 Å². The lowest BCUT2D eigenvalue weighted by atomic mass is 10.1. The highest BCUT2D eigenvalue weighted by Gasteiger charge is 2.23. The molecule has 0 unspecified atom stereocenters. The van der Waals surface area contributed by atoms with Crippen LogP contribution in [0.25, 0.3) is 0 Å². The van der Waals surface area contributed by atoms with Crippen molar-refractivity contribution in [1.82, 2.24) is 0 Å². The maximum Gasteiger partial charge on any atom is 0.264 e. The standard InChI is InChI=1S/C10H9BrF2O2/c11-8-6(9(12)13)2-1-3-7(8)10-14-4-5-15-10/h1-3,9-10H,4-5H2. The van der Waals surface area contributed by atoms with Crippen molar-refractivity contribution in [1.29, 1.82) is 0 Å². The van der Waals surface area contributed by atoms with Crippen molar-refractivity contribution in [3.63, 3.8) is 0 Å². The van der Waals surface area contributed by atoms with E-state index < -0.39 is 12.7 Å². The molecule has 1 aliphatic heterocycles. The van der Waals surface area contributed by atoms with E-state index in [9.17, 15) is 8.78 Å². The molecular weight excluding hydrogens is 270 g/mol. The molecule has 15 heavy (non-hydrogen) atoms. The van der Waals surface area contributed by atoms with Crippen molar-refractivity contribution in [3.05, 3.63) is 33.8 Å². The van der Waals surface area contributed by atoms with E-state index in [1.54, 1.807) is 12.1 Å². The second-order valence-corrected chi connectivity index (χ2v) is 3.92. The van der Waals surface area contributed by atoms with Gasteiger partial charge in [0.1, 0.15) is 0 Å². The van der Waals surface area contributed by atoms with E-state index in [1.807, 2.05) is 0 Å². The Morgan fingerprint density at radius 2 is 1.93 bits per heavy atom. The largest absolute Gasteiger partial charge is 0.346 e. The molecule has 2 nitrogen and oxygen atoms in total. The molecule has 0 aromatic heterocycles. The first-order valence-corrected chi connectivity index (χ1v) is 5.29. The molecule has 0 N–H and O–H groups in total. The number of hydrogen-bond donors (Lipinski definition) is 0. The van der Waals surface area contributed by atoms with Crippen LogP contribution in [0.3, 0.4) is 0 Å². The van der Waals surface area contributed by atoms with Gasteiger partial charge in [0.2, 0.25) is 0 Å². The number of ether oxygens (including phenoxy) is 2. The third kappa shape index (κ3) is 2.19. The Bertz CT molecular complexity index is 351. The molecule has 0 amide bonds. The molecule has 82 valence electrons. The van der Waals surface area contributed by atoms with E-state index in [0.29, 0.717) is 23.2 Å². The highest BCUT2D eigenvalue weighted by molar-refractivity contribution is 9.10. The summed E-state index contributed by atoms with van der Waals surface area (Å²) in [6.45, 7) is 0.992. The van der Waals surface area contributed by atoms with E-state index in [2.05, 4.69) is 15.9 Å². The van der Waals surface area contributed by atoms with Crippen molar-refractivity contribution in [3.8, 4) is 0 Å². The summed E-state index contributed by atoms with van der Waals surface area (Å²) in [5.74, 6) is 0. The molecule has 1 aromatic carbocycles. The zero-order chi connectivity index (χ0) is 10.8. The smallest absolute Gasteiger partial charge is 0.264 e. The minimum absolute atomic E-state index is 0.0356. The van der Waals surface area contributed by atoms with Crippen molar-refractivity contribution in [2.45, 2.75) is 12.7 Å². The SMILES string of the molecule is FC(F)c1cccc(C2OCCO2)c1Br. The molecule has 0 radical (unpaired) electrons. The average Bonchev–Trinajstić information content (AvgIpc) is 2.70. The molecule has 1 fully saturated rings. The van der Waals surface area contributed by atoms with E-state index in [0.717, 1.165) is 0 Å². The van der Waals surface area contributed by atoms with Crippen LogP contribution in [0.15, 0.2) is 22.7 Å². The van der Waals surface area contributed by atoms with Gasteiger partial charge in [0.05, 0.1) is 13.2 Å². The van der Waals surface area contributed by atoms with Gasteiger partial charge in [-0.1, -0.05) is 18.2 Å². The first-order valence-electron chi connectivity index (χ1n) is 4.50. The number of hydrogen-bond acceptors (Lipinski definition) is 2. The van der Waals surface area contributed by atoms with E-state index in [1.165, 1.54) is 6.07 Å². The number of halogens is 3. The fourth-order valence-electron chi connectivity index (χ4n) is 1.46. The van der Waals surface area contributed by atoms with E-state index in [4.69, 9.17) is 9.47 Å². The number of rotatable bonds is 2. The lowest BCUT2D eigenvalue weighted by Gasteiger charge is -2.13. The van der Waals surface area contributed by atoms with Crippen LogP contribution in [0.5, 0.6) is 0 Å². The van der Waals surface area contributed by atoms with Crippen LogP contribution in [0.1, 0.15) is 23.8 Å². The van der Waals surface area contributed by atoms with Gasteiger partial charge in [0.15, 0.2) is 6.29 Å². The van der Waals surface area contributed by atoms with Crippen molar-refractivity contribution in [2.75, 3.05) is 13.2 Å². The summed E-state index contributed by atoms with van der Waals surface area (Å²) in [6.07, 6.45) is -3.03. The normalized spacial score (nSPS) is 17.6. The Hall–Kier alpha value is -0.520. The third-order valence-electron chi connectivity index (χ3n) is 2.17. The number of benzene rings is 1. The topological polar surface area (TPSA) is 18.5 Å². The maximum atomic E-state index is 12.6. The van der Waals surface area contributed by atoms with Gasteiger partial charge < -0.3 is 9.47 Å². The van der Waals surface area contributed by atoms with Crippen LogP contribution in [0, 0.1) is 0 Å². The summed E-state index contributed by atoms with van der Waals surface area (Å²) in [6, 6.07) is 4.67. The monoisotopic (exact) mass is 278 g/mol. The Labute approximate surface area is 94.3 Å². The highest BCUT2D eigenvalue weighted by atomic mass is 79.9. The molecule has 1 saturated heterocycles. The first kappa shape index (κ1) is 11.0. The van der Waals surface area contributed by atoms with E-state index in [-0.39, 0.29) is 5.56 Å². The Morgan fingerprint density at radius 3 is 2.53 bits per heavy atom. The molecule has 2 rings (SSSR count). The number of alkyl halides is 2. The molecule has 1 aromatic rings. The van der Waals surface area contributed by atoms with Crippen LogP contribution < -0.4 is 0 Å². The van der Waals surface area contributed by atoms with Crippen LogP contribution >= 0.6 is 15.9 Å². The summed E-state index contributed by atoms with van der Waals surface area (Å²) in [5.41, 5.74) is 0.580. The quantitative estimate of drug-likeness (QED) is 0.825.